The van der Waals surface area contributed by atoms with Gasteiger partial charge in [0.05, 0.1) is 16.1 Å². The summed E-state index contributed by atoms with van der Waals surface area (Å²) in [6.45, 7) is 7.17. The number of carboxylic acid groups (broad SMARTS) is 1. The molecule has 1 fully saturated rings. The fourth-order valence-corrected chi connectivity index (χ4v) is 5.48. The molecule has 0 aliphatic carbocycles. The Morgan fingerprint density at radius 1 is 1.10 bits per heavy atom. The summed E-state index contributed by atoms with van der Waals surface area (Å²) in [6.07, 6.45) is -1.16. The number of amides is 2. The molecule has 1 N–H and O–H groups in total. The number of fused-ring (bicyclic) bond motifs is 2. The Balaban J connectivity index is 1.56. The van der Waals surface area contributed by atoms with Crippen LogP contribution in [-0.4, -0.2) is 79.3 Å². The number of likely N-dealkylation sites (tertiary alicyclic amines) is 1. The van der Waals surface area contributed by atoms with Crippen LogP contribution in [0.3, 0.4) is 0 Å². The van der Waals surface area contributed by atoms with Crippen LogP contribution in [0.5, 0.6) is 11.5 Å². The standard InChI is InChI=1S/C32H36ClN3O6/c1-32(2,3)30(38)41-21-12-20-8-6-7-9-22(20)23(13-21)24-14-28-26(15-25(24)33)36(18-19-16-35(17-19)31(39)40)29(37)27(42-28)10-11-34(4)5/h6-9,12-15,19,27H,10-11,16-18H2,1-5H3,(H,39,40)/t27-/m1/s1. The third-order valence-corrected chi connectivity index (χ3v) is 7.92. The first kappa shape index (κ1) is 29.7. The summed E-state index contributed by atoms with van der Waals surface area (Å²) < 4.78 is 12.1. The van der Waals surface area contributed by atoms with Crippen LogP contribution >= 0.6 is 11.6 Å². The van der Waals surface area contributed by atoms with Crippen molar-refractivity contribution >= 4 is 46.0 Å². The minimum Gasteiger partial charge on any atom is -0.478 e. The molecular formula is C32H36ClN3O6. The van der Waals surface area contributed by atoms with Gasteiger partial charge in [-0.15, -0.1) is 0 Å². The van der Waals surface area contributed by atoms with Crippen LogP contribution in [0, 0.1) is 11.3 Å². The summed E-state index contributed by atoms with van der Waals surface area (Å²) in [7, 11) is 3.88. The molecule has 42 heavy (non-hydrogen) atoms. The van der Waals surface area contributed by atoms with Crippen molar-refractivity contribution in [3.8, 4) is 22.6 Å². The topological polar surface area (TPSA) is 99.6 Å². The van der Waals surface area contributed by atoms with Gasteiger partial charge in [0.2, 0.25) is 0 Å². The van der Waals surface area contributed by atoms with E-state index >= 15 is 0 Å². The number of ether oxygens (including phenoxy) is 2. The maximum absolute atomic E-state index is 13.6. The lowest BCUT2D eigenvalue weighted by Gasteiger charge is -2.42. The summed E-state index contributed by atoms with van der Waals surface area (Å²) in [5.74, 6) is 0.435. The summed E-state index contributed by atoms with van der Waals surface area (Å²) in [4.78, 5) is 42.7. The minimum absolute atomic E-state index is 0.0158. The summed E-state index contributed by atoms with van der Waals surface area (Å²) in [5.41, 5.74) is 1.33. The van der Waals surface area contributed by atoms with E-state index in [2.05, 4.69) is 0 Å². The van der Waals surface area contributed by atoms with Crippen LogP contribution in [-0.2, 0) is 9.59 Å². The number of carbonyl (C=O) groups excluding carboxylic acids is 2. The molecule has 0 bridgehead atoms. The Hall–Kier alpha value is -3.82. The molecule has 2 aliphatic rings. The number of rotatable bonds is 7. The molecule has 2 heterocycles. The van der Waals surface area contributed by atoms with Crippen molar-refractivity contribution in [1.82, 2.24) is 9.80 Å². The average molecular weight is 594 g/mol. The van der Waals surface area contributed by atoms with E-state index in [0.717, 1.165) is 16.3 Å². The first-order chi connectivity index (χ1) is 19.8. The van der Waals surface area contributed by atoms with Gasteiger partial charge in [0, 0.05) is 44.1 Å². The first-order valence-corrected chi connectivity index (χ1v) is 14.4. The van der Waals surface area contributed by atoms with E-state index in [1.807, 2.05) is 61.5 Å². The quantitative estimate of drug-likeness (QED) is 0.274. The number of nitrogens with zero attached hydrogens (tertiary/aromatic N) is 3. The van der Waals surface area contributed by atoms with Crippen LogP contribution in [0.15, 0.2) is 48.5 Å². The van der Waals surface area contributed by atoms with Gasteiger partial charge in [-0.25, -0.2) is 4.79 Å². The van der Waals surface area contributed by atoms with Crippen LogP contribution in [0.25, 0.3) is 21.9 Å². The smallest absolute Gasteiger partial charge is 0.407 e. The highest BCUT2D eigenvalue weighted by atomic mass is 35.5. The molecule has 0 saturated carbocycles. The van der Waals surface area contributed by atoms with E-state index < -0.39 is 17.6 Å². The third-order valence-electron chi connectivity index (χ3n) is 7.61. The van der Waals surface area contributed by atoms with Gasteiger partial charge in [-0.2, -0.15) is 0 Å². The number of carbonyl (C=O) groups is 3. The Bertz CT molecular complexity index is 1540. The molecule has 1 saturated heterocycles. The Labute approximate surface area is 250 Å². The second kappa shape index (κ2) is 11.5. The van der Waals surface area contributed by atoms with Crippen LogP contribution in [0.1, 0.15) is 27.2 Å². The van der Waals surface area contributed by atoms with E-state index in [1.165, 1.54) is 4.90 Å². The highest BCUT2D eigenvalue weighted by Gasteiger charge is 2.39. The van der Waals surface area contributed by atoms with Gasteiger partial charge < -0.3 is 29.3 Å². The van der Waals surface area contributed by atoms with Gasteiger partial charge in [-0.3, -0.25) is 9.59 Å². The Morgan fingerprint density at radius 2 is 1.81 bits per heavy atom. The molecule has 222 valence electrons. The zero-order valence-electron chi connectivity index (χ0n) is 24.5. The van der Waals surface area contributed by atoms with Crippen molar-refractivity contribution < 1.29 is 29.0 Å². The van der Waals surface area contributed by atoms with E-state index in [-0.39, 0.29) is 17.8 Å². The second-order valence-electron chi connectivity index (χ2n) is 12.3. The molecule has 9 nitrogen and oxygen atoms in total. The zero-order valence-corrected chi connectivity index (χ0v) is 25.3. The molecular weight excluding hydrogens is 558 g/mol. The van der Waals surface area contributed by atoms with Crippen molar-refractivity contribution in [2.24, 2.45) is 11.3 Å². The van der Waals surface area contributed by atoms with Crippen LogP contribution < -0.4 is 14.4 Å². The van der Waals surface area contributed by atoms with Crippen molar-refractivity contribution in [2.45, 2.75) is 33.3 Å². The normalized spacial score (nSPS) is 17.2. The highest BCUT2D eigenvalue weighted by Crippen LogP contribution is 2.45. The lowest BCUT2D eigenvalue weighted by atomic mass is 9.95. The van der Waals surface area contributed by atoms with Gasteiger partial charge in [0.25, 0.3) is 5.91 Å². The van der Waals surface area contributed by atoms with Crippen molar-refractivity contribution in [2.75, 3.05) is 45.2 Å². The lowest BCUT2D eigenvalue weighted by molar-refractivity contribution is -0.143. The van der Waals surface area contributed by atoms with Gasteiger partial charge in [0.1, 0.15) is 11.5 Å². The SMILES string of the molecule is CN(C)CC[C@H]1Oc2cc(-c3cc(OC(=O)C(C)(C)C)cc4ccccc34)c(Cl)cc2N(CC2CN(C(=O)O)C2)C1=O. The molecule has 1 atom stereocenters. The average Bonchev–Trinajstić information content (AvgIpc) is 2.89. The van der Waals surface area contributed by atoms with E-state index in [9.17, 15) is 19.5 Å². The fourth-order valence-electron chi connectivity index (χ4n) is 5.22. The maximum atomic E-state index is 13.6. The zero-order chi connectivity index (χ0) is 30.3. The number of esters is 1. The van der Waals surface area contributed by atoms with E-state index in [1.54, 1.807) is 31.7 Å². The van der Waals surface area contributed by atoms with Crippen LogP contribution in [0.2, 0.25) is 5.02 Å². The number of hydrogen-bond donors (Lipinski definition) is 1. The minimum atomic E-state index is -0.959. The summed E-state index contributed by atoms with van der Waals surface area (Å²) >= 11 is 6.93. The molecule has 2 amide bonds. The van der Waals surface area contributed by atoms with Gasteiger partial charge in [-0.1, -0.05) is 35.9 Å². The van der Waals surface area contributed by atoms with Gasteiger partial charge in [0.15, 0.2) is 6.10 Å². The molecule has 5 rings (SSSR count). The predicted octanol–water partition coefficient (Wildman–Crippen LogP) is 5.77. The van der Waals surface area contributed by atoms with Crippen LogP contribution in [0.4, 0.5) is 10.5 Å². The van der Waals surface area contributed by atoms with Crippen molar-refractivity contribution in [1.29, 1.82) is 0 Å². The summed E-state index contributed by atoms with van der Waals surface area (Å²) in [5, 5.41) is 11.5. The van der Waals surface area contributed by atoms with Gasteiger partial charge in [-0.05, 0) is 75.5 Å². The van der Waals surface area contributed by atoms with Crippen molar-refractivity contribution in [3.05, 3.63) is 53.6 Å². The highest BCUT2D eigenvalue weighted by molar-refractivity contribution is 6.34. The van der Waals surface area contributed by atoms with Crippen molar-refractivity contribution in [3.63, 3.8) is 0 Å². The number of hydrogen-bond acceptors (Lipinski definition) is 6. The predicted molar refractivity (Wildman–Crippen MR) is 163 cm³/mol. The Kier molecular flexibility index (Phi) is 8.09. The molecule has 0 unspecified atom stereocenters. The first-order valence-electron chi connectivity index (χ1n) is 14.0. The lowest BCUT2D eigenvalue weighted by Crippen LogP contribution is -2.56. The summed E-state index contributed by atoms with van der Waals surface area (Å²) in [6, 6.07) is 15.0. The largest absolute Gasteiger partial charge is 0.478 e. The fraction of sp³-hybridized carbons (Fsp3) is 0.406. The molecule has 0 aromatic heterocycles. The molecule has 2 aliphatic heterocycles. The molecule has 3 aromatic carbocycles. The molecule has 0 spiro atoms. The van der Waals surface area contributed by atoms with Gasteiger partial charge >= 0.3 is 12.1 Å². The third kappa shape index (κ3) is 6.03. The Morgan fingerprint density at radius 3 is 2.48 bits per heavy atom. The van der Waals surface area contributed by atoms with E-state index in [0.29, 0.717) is 60.4 Å². The monoisotopic (exact) mass is 593 g/mol. The molecule has 10 heteroatoms. The number of anilines is 1. The number of halogens is 1. The maximum Gasteiger partial charge on any atom is 0.407 e. The molecule has 3 aromatic rings. The second-order valence-corrected chi connectivity index (χ2v) is 12.7. The van der Waals surface area contributed by atoms with E-state index in [4.69, 9.17) is 21.1 Å². The number of benzene rings is 3. The molecule has 0 radical (unpaired) electrons.